The molecule has 0 unspecified atom stereocenters. The minimum atomic E-state index is 0.0491. The summed E-state index contributed by atoms with van der Waals surface area (Å²) in [6.07, 6.45) is 5.80. The van der Waals surface area contributed by atoms with Crippen molar-refractivity contribution < 1.29 is 0 Å². The number of hydrogen-bond donors (Lipinski definition) is 1. The van der Waals surface area contributed by atoms with Gasteiger partial charge in [-0.2, -0.15) is 0 Å². The molecule has 0 amide bonds. The van der Waals surface area contributed by atoms with E-state index in [-0.39, 0.29) is 6.04 Å². The van der Waals surface area contributed by atoms with Gasteiger partial charge in [0.2, 0.25) is 0 Å². The second kappa shape index (κ2) is 4.23. The van der Waals surface area contributed by atoms with E-state index in [0.717, 1.165) is 12.2 Å². The van der Waals surface area contributed by atoms with Crippen LogP contribution in [0.2, 0.25) is 0 Å². The van der Waals surface area contributed by atoms with E-state index in [4.69, 9.17) is 5.73 Å². The molecule has 0 aliphatic heterocycles. The Morgan fingerprint density at radius 3 is 2.92 bits per heavy atom. The van der Waals surface area contributed by atoms with Crippen molar-refractivity contribution >= 4 is 0 Å². The van der Waals surface area contributed by atoms with Gasteiger partial charge in [0, 0.05) is 18.8 Å². The van der Waals surface area contributed by atoms with Crippen LogP contribution in [0.15, 0.2) is 24.2 Å². The average molecular weight is 179 g/mol. The van der Waals surface area contributed by atoms with Gasteiger partial charge in [-0.25, -0.2) is 4.98 Å². The molecule has 3 heteroatoms. The molecule has 1 heterocycles. The lowest BCUT2D eigenvalue weighted by Crippen LogP contribution is -2.11. The first kappa shape index (κ1) is 9.99. The highest BCUT2D eigenvalue weighted by atomic mass is 15.1. The van der Waals surface area contributed by atoms with Crippen molar-refractivity contribution in [1.82, 2.24) is 9.55 Å². The number of imidazole rings is 1. The fourth-order valence-electron chi connectivity index (χ4n) is 1.14. The van der Waals surface area contributed by atoms with E-state index < -0.39 is 0 Å². The van der Waals surface area contributed by atoms with E-state index in [9.17, 15) is 0 Å². The van der Waals surface area contributed by atoms with Gasteiger partial charge in [-0.1, -0.05) is 11.6 Å². The molecule has 3 nitrogen and oxygen atoms in total. The number of allylic oxidation sites excluding steroid dienone is 2. The minimum absolute atomic E-state index is 0.0491. The standard InChI is InChI=1S/C10H17N3/c1-8(2)4-5-13-7-12-6-10(13)9(3)11/h4,6-7,9H,5,11H2,1-3H3/t9-/m1/s1. The van der Waals surface area contributed by atoms with E-state index in [1.807, 2.05) is 19.4 Å². The van der Waals surface area contributed by atoms with Gasteiger partial charge in [-0.05, 0) is 20.8 Å². The van der Waals surface area contributed by atoms with E-state index in [1.54, 1.807) is 0 Å². The molecule has 0 radical (unpaired) electrons. The van der Waals surface area contributed by atoms with Crippen LogP contribution in [0.3, 0.4) is 0 Å². The highest BCUT2D eigenvalue weighted by Crippen LogP contribution is 2.08. The lowest BCUT2D eigenvalue weighted by atomic mass is 10.2. The van der Waals surface area contributed by atoms with E-state index in [0.29, 0.717) is 0 Å². The zero-order valence-corrected chi connectivity index (χ0v) is 8.49. The molecule has 0 fully saturated rings. The van der Waals surface area contributed by atoms with Crippen LogP contribution in [0.1, 0.15) is 32.5 Å². The van der Waals surface area contributed by atoms with Crippen LogP contribution in [0.25, 0.3) is 0 Å². The first-order valence-corrected chi connectivity index (χ1v) is 4.50. The van der Waals surface area contributed by atoms with Crippen molar-refractivity contribution in [3.8, 4) is 0 Å². The molecule has 0 saturated heterocycles. The lowest BCUT2D eigenvalue weighted by molar-refractivity contribution is 0.681. The van der Waals surface area contributed by atoms with Crippen LogP contribution in [-0.4, -0.2) is 9.55 Å². The quantitative estimate of drug-likeness (QED) is 0.720. The first-order chi connectivity index (χ1) is 6.11. The Bertz CT molecular complexity index is 293. The minimum Gasteiger partial charge on any atom is -0.329 e. The second-order valence-corrected chi connectivity index (χ2v) is 3.54. The number of rotatable bonds is 3. The summed E-state index contributed by atoms with van der Waals surface area (Å²) in [6, 6.07) is 0.0491. The maximum absolute atomic E-state index is 5.78. The predicted octanol–water partition coefficient (Wildman–Crippen LogP) is 1.87. The number of hydrogen-bond acceptors (Lipinski definition) is 2. The molecular formula is C10H17N3. The monoisotopic (exact) mass is 179 g/mol. The van der Waals surface area contributed by atoms with Gasteiger partial charge in [-0.15, -0.1) is 0 Å². The largest absolute Gasteiger partial charge is 0.329 e. The van der Waals surface area contributed by atoms with Gasteiger partial charge in [0.05, 0.1) is 12.0 Å². The zero-order valence-electron chi connectivity index (χ0n) is 8.49. The van der Waals surface area contributed by atoms with Crippen LogP contribution >= 0.6 is 0 Å². The normalized spacial score (nSPS) is 12.6. The number of aromatic nitrogens is 2. The summed E-state index contributed by atoms with van der Waals surface area (Å²) in [6.45, 7) is 7.00. The Kier molecular flexibility index (Phi) is 3.25. The Hall–Kier alpha value is -1.09. The smallest absolute Gasteiger partial charge is 0.0951 e. The van der Waals surface area contributed by atoms with Crippen LogP contribution < -0.4 is 5.73 Å². The summed E-state index contributed by atoms with van der Waals surface area (Å²) in [5.74, 6) is 0. The molecule has 0 aliphatic rings. The van der Waals surface area contributed by atoms with Gasteiger partial charge in [-0.3, -0.25) is 0 Å². The summed E-state index contributed by atoms with van der Waals surface area (Å²) in [5, 5.41) is 0. The molecule has 13 heavy (non-hydrogen) atoms. The topological polar surface area (TPSA) is 43.8 Å². The third kappa shape index (κ3) is 2.70. The molecule has 1 aromatic heterocycles. The molecule has 0 aliphatic carbocycles. The SMILES string of the molecule is CC(C)=CCn1cncc1[C@@H](C)N. The molecule has 1 aromatic rings. The molecule has 1 atom stereocenters. The first-order valence-electron chi connectivity index (χ1n) is 4.50. The van der Waals surface area contributed by atoms with Crippen LogP contribution in [0.4, 0.5) is 0 Å². The van der Waals surface area contributed by atoms with Crippen molar-refractivity contribution in [3.05, 3.63) is 29.9 Å². The second-order valence-electron chi connectivity index (χ2n) is 3.54. The summed E-state index contributed by atoms with van der Waals surface area (Å²) < 4.78 is 2.07. The fourth-order valence-corrected chi connectivity index (χ4v) is 1.14. The summed E-state index contributed by atoms with van der Waals surface area (Å²) >= 11 is 0. The van der Waals surface area contributed by atoms with Crippen molar-refractivity contribution in [3.63, 3.8) is 0 Å². The van der Waals surface area contributed by atoms with Crippen LogP contribution in [0, 0.1) is 0 Å². The lowest BCUT2D eigenvalue weighted by Gasteiger charge is -2.08. The summed E-state index contributed by atoms with van der Waals surface area (Å²) in [7, 11) is 0. The molecule has 0 spiro atoms. The highest BCUT2D eigenvalue weighted by Gasteiger charge is 2.04. The molecule has 0 aromatic carbocycles. The molecule has 0 saturated carbocycles. The Balaban J connectivity index is 2.77. The molecule has 2 N–H and O–H groups in total. The molecule has 0 bridgehead atoms. The third-order valence-corrected chi connectivity index (χ3v) is 1.91. The van der Waals surface area contributed by atoms with Gasteiger partial charge in [0.25, 0.3) is 0 Å². The Labute approximate surface area is 79.3 Å². The van der Waals surface area contributed by atoms with Crippen molar-refractivity contribution in [2.75, 3.05) is 0 Å². The van der Waals surface area contributed by atoms with E-state index >= 15 is 0 Å². The molecule has 72 valence electrons. The highest BCUT2D eigenvalue weighted by molar-refractivity contribution is 5.05. The van der Waals surface area contributed by atoms with Crippen LogP contribution in [0.5, 0.6) is 0 Å². The van der Waals surface area contributed by atoms with E-state index in [1.165, 1.54) is 5.57 Å². The molecular weight excluding hydrogens is 162 g/mol. The third-order valence-electron chi connectivity index (χ3n) is 1.91. The van der Waals surface area contributed by atoms with Gasteiger partial charge in [0.15, 0.2) is 0 Å². The summed E-state index contributed by atoms with van der Waals surface area (Å²) in [5.41, 5.74) is 8.17. The maximum Gasteiger partial charge on any atom is 0.0951 e. The number of nitrogens with zero attached hydrogens (tertiary/aromatic N) is 2. The van der Waals surface area contributed by atoms with Crippen LogP contribution in [-0.2, 0) is 6.54 Å². The van der Waals surface area contributed by atoms with Crippen molar-refractivity contribution in [2.24, 2.45) is 5.73 Å². The van der Waals surface area contributed by atoms with Crippen molar-refractivity contribution in [2.45, 2.75) is 33.4 Å². The molecule has 1 rings (SSSR count). The number of nitrogens with two attached hydrogens (primary N) is 1. The maximum atomic E-state index is 5.78. The Morgan fingerprint density at radius 2 is 2.38 bits per heavy atom. The predicted molar refractivity (Wildman–Crippen MR) is 54.3 cm³/mol. The van der Waals surface area contributed by atoms with Gasteiger partial charge >= 0.3 is 0 Å². The Morgan fingerprint density at radius 1 is 1.69 bits per heavy atom. The van der Waals surface area contributed by atoms with Gasteiger partial charge in [0.1, 0.15) is 0 Å². The van der Waals surface area contributed by atoms with E-state index in [2.05, 4.69) is 29.5 Å². The van der Waals surface area contributed by atoms with Gasteiger partial charge < -0.3 is 10.3 Å². The summed E-state index contributed by atoms with van der Waals surface area (Å²) in [4.78, 5) is 4.08. The average Bonchev–Trinajstić information content (AvgIpc) is 2.47. The van der Waals surface area contributed by atoms with Crippen molar-refractivity contribution in [1.29, 1.82) is 0 Å². The zero-order chi connectivity index (χ0) is 9.84. The fraction of sp³-hybridized carbons (Fsp3) is 0.500.